The molecule has 2 nitrogen and oxygen atoms in total. The number of aliphatic hydroxyl groups is 1. The minimum absolute atomic E-state index is 0.265. The Morgan fingerprint density at radius 2 is 2.16 bits per heavy atom. The Labute approximate surface area is 114 Å². The van der Waals surface area contributed by atoms with Gasteiger partial charge in [-0.15, -0.1) is 0 Å². The third kappa shape index (κ3) is 3.69. The average Bonchev–Trinajstić information content (AvgIpc) is 2.38. The van der Waals surface area contributed by atoms with E-state index in [1.807, 2.05) is 6.92 Å². The molecule has 19 heavy (non-hydrogen) atoms. The van der Waals surface area contributed by atoms with E-state index in [1.165, 1.54) is 6.07 Å². The summed E-state index contributed by atoms with van der Waals surface area (Å²) in [6, 6.07) is 4.84. The molecule has 106 valence electrons. The van der Waals surface area contributed by atoms with Gasteiger partial charge in [0.15, 0.2) is 11.6 Å². The van der Waals surface area contributed by atoms with Crippen molar-refractivity contribution in [2.75, 3.05) is 0 Å². The topological polar surface area (TPSA) is 29.5 Å². The van der Waals surface area contributed by atoms with Crippen LogP contribution in [-0.2, 0) is 0 Å². The molecular weight excluding hydrogens is 243 g/mol. The first-order valence-electron chi connectivity index (χ1n) is 7.21. The van der Waals surface area contributed by atoms with Gasteiger partial charge in [-0.1, -0.05) is 25.8 Å². The summed E-state index contributed by atoms with van der Waals surface area (Å²) >= 11 is 0. The van der Waals surface area contributed by atoms with Gasteiger partial charge in [-0.2, -0.15) is 0 Å². The zero-order valence-electron chi connectivity index (χ0n) is 11.7. The summed E-state index contributed by atoms with van der Waals surface area (Å²) in [4.78, 5) is 0. The van der Waals surface area contributed by atoms with Gasteiger partial charge >= 0.3 is 0 Å². The molecular formula is C16H23FO2. The number of aryl methyl sites for hydroxylation is 1. The van der Waals surface area contributed by atoms with E-state index in [2.05, 4.69) is 6.92 Å². The third-order valence-electron chi connectivity index (χ3n) is 3.93. The highest BCUT2D eigenvalue weighted by molar-refractivity contribution is 5.29. The minimum Gasteiger partial charge on any atom is -0.485 e. The number of aliphatic hydroxyl groups excluding tert-OH is 1. The predicted molar refractivity (Wildman–Crippen MR) is 73.8 cm³/mol. The van der Waals surface area contributed by atoms with Gasteiger partial charge in [-0.25, -0.2) is 4.39 Å². The molecule has 1 aromatic carbocycles. The van der Waals surface area contributed by atoms with E-state index in [1.54, 1.807) is 12.1 Å². The van der Waals surface area contributed by atoms with Crippen molar-refractivity contribution in [3.63, 3.8) is 0 Å². The molecule has 1 aromatic rings. The lowest BCUT2D eigenvalue weighted by Crippen LogP contribution is -2.38. The summed E-state index contributed by atoms with van der Waals surface area (Å²) in [5.74, 6) is 0.503. The monoisotopic (exact) mass is 266 g/mol. The molecule has 3 atom stereocenters. The Balaban J connectivity index is 2.05. The Bertz CT molecular complexity index is 419. The summed E-state index contributed by atoms with van der Waals surface area (Å²) in [6.07, 6.45) is 4.17. The van der Waals surface area contributed by atoms with Gasteiger partial charge in [0, 0.05) is 0 Å². The normalized spacial score (nSPS) is 27.3. The Hall–Kier alpha value is -1.09. The summed E-state index contributed by atoms with van der Waals surface area (Å²) in [7, 11) is 0. The molecule has 0 spiro atoms. The van der Waals surface area contributed by atoms with E-state index in [0.717, 1.165) is 37.7 Å². The summed E-state index contributed by atoms with van der Waals surface area (Å²) in [6.45, 7) is 4.07. The Morgan fingerprint density at radius 3 is 2.89 bits per heavy atom. The molecule has 3 heteroatoms. The van der Waals surface area contributed by atoms with E-state index < -0.39 is 6.10 Å². The lowest BCUT2D eigenvalue weighted by Gasteiger charge is -2.33. The number of rotatable bonds is 4. The Morgan fingerprint density at radius 1 is 1.37 bits per heavy atom. The molecule has 0 saturated heterocycles. The van der Waals surface area contributed by atoms with Gasteiger partial charge in [0.2, 0.25) is 0 Å². The van der Waals surface area contributed by atoms with Gasteiger partial charge in [-0.3, -0.25) is 0 Å². The fraction of sp³-hybridized carbons (Fsp3) is 0.625. The van der Waals surface area contributed by atoms with Gasteiger partial charge in [0.05, 0.1) is 6.10 Å². The molecule has 2 rings (SSSR count). The third-order valence-corrected chi connectivity index (χ3v) is 3.93. The molecule has 0 bridgehead atoms. The lowest BCUT2D eigenvalue weighted by molar-refractivity contribution is -0.0134. The van der Waals surface area contributed by atoms with Crippen molar-refractivity contribution < 1.29 is 14.2 Å². The number of halogens is 1. The standard InChI is InChI=1S/C16H23FO2/c1-3-4-12-6-8-14(18)16(10-12)19-15-9-11(2)5-7-13(15)17/h5,7,9,12,14,16,18H,3-4,6,8,10H2,1-2H3. The van der Waals surface area contributed by atoms with Crippen molar-refractivity contribution in [2.45, 2.75) is 58.2 Å². The largest absolute Gasteiger partial charge is 0.485 e. The smallest absolute Gasteiger partial charge is 0.165 e. The number of hydrogen-bond acceptors (Lipinski definition) is 2. The van der Waals surface area contributed by atoms with E-state index >= 15 is 0 Å². The molecule has 3 unspecified atom stereocenters. The van der Waals surface area contributed by atoms with Gasteiger partial charge in [0.1, 0.15) is 6.10 Å². The second kappa shape index (κ2) is 6.38. The van der Waals surface area contributed by atoms with E-state index in [9.17, 15) is 9.50 Å². The second-order valence-corrected chi connectivity index (χ2v) is 5.63. The van der Waals surface area contributed by atoms with Crippen LogP contribution in [0.1, 0.15) is 44.6 Å². The van der Waals surface area contributed by atoms with Crippen LogP contribution in [0.4, 0.5) is 4.39 Å². The number of benzene rings is 1. The van der Waals surface area contributed by atoms with Crippen LogP contribution in [0, 0.1) is 18.7 Å². The van der Waals surface area contributed by atoms with Crippen molar-refractivity contribution in [1.82, 2.24) is 0 Å². The second-order valence-electron chi connectivity index (χ2n) is 5.63. The van der Waals surface area contributed by atoms with Gasteiger partial charge in [-0.05, 0) is 49.8 Å². The molecule has 0 aliphatic heterocycles. The predicted octanol–water partition coefficient (Wildman–Crippen LogP) is 3.84. The van der Waals surface area contributed by atoms with Crippen LogP contribution in [0.3, 0.4) is 0 Å². The van der Waals surface area contributed by atoms with Crippen LogP contribution in [0.2, 0.25) is 0 Å². The van der Waals surface area contributed by atoms with Crippen LogP contribution in [0.5, 0.6) is 5.75 Å². The maximum atomic E-state index is 13.7. The molecule has 1 fully saturated rings. The van der Waals surface area contributed by atoms with Crippen molar-refractivity contribution in [2.24, 2.45) is 5.92 Å². The molecule has 0 amide bonds. The fourth-order valence-electron chi connectivity index (χ4n) is 2.86. The molecule has 0 radical (unpaired) electrons. The summed E-state index contributed by atoms with van der Waals surface area (Å²) < 4.78 is 19.4. The molecule has 1 aliphatic rings. The number of ether oxygens (including phenoxy) is 1. The highest BCUT2D eigenvalue weighted by Crippen LogP contribution is 2.31. The van der Waals surface area contributed by atoms with Crippen molar-refractivity contribution in [3.8, 4) is 5.75 Å². The molecule has 1 N–H and O–H groups in total. The summed E-state index contributed by atoms with van der Waals surface area (Å²) in [5.41, 5.74) is 0.965. The van der Waals surface area contributed by atoms with Crippen LogP contribution < -0.4 is 4.74 Å². The van der Waals surface area contributed by atoms with Crippen LogP contribution in [0.15, 0.2) is 18.2 Å². The van der Waals surface area contributed by atoms with Crippen molar-refractivity contribution >= 4 is 0 Å². The van der Waals surface area contributed by atoms with E-state index in [-0.39, 0.29) is 17.7 Å². The molecule has 0 heterocycles. The maximum Gasteiger partial charge on any atom is 0.165 e. The molecule has 1 saturated carbocycles. The SMILES string of the molecule is CCCC1CCC(O)C(Oc2cc(C)ccc2F)C1. The Kier molecular flexibility index (Phi) is 4.81. The first-order chi connectivity index (χ1) is 9.10. The summed E-state index contributed by atoms with van der Waals surface area (Å²) in [5, 5.41) is 10.0. The van der Waals surface area contributed by atoms with Gasteiger partial charge in [0.25, 0.3) is 0 Å². The van der Waals surface area contributed by atoms with Crippen molar-refractivity contribution in [1.29, 1.82) is 0 Å². The number of hydrogen-bond donors (Lipinski definition) is 1. The van der Waals surface area contributed by atoms with Crippen LogP contribution in [0.25, 0.3) is 0 Å². The van der Waals surface area contributed by atoms with Gasteiger partial charge < -0.3 is 9.84 Å². The maximum absolute atomic E-state index is 13.7. The van der Waals surface area contributed by atoms with Crippen LogP contribution in [-0.4, -0.2) is 17.3 Å². The first-order valence-corrected chi connectivity index (χ1v) is 7.21. The zero-order valence-corrected chi connectivity index (χ0v) is 11.7. The fourth-order valence-corrected chi connectivity index (χ4v) is 2.86. The quantitative estimate of drug-likeness (QED) is 0.897. The highest BCUT2D eigenvalue weighted by Gasteiger charge is 2.30. The minimum atomic E-state index is -0.479. The zero-order chi connectivity index (χ0) is 13.8. The molecule has 0 aromatic heterocycles. The lowest BCUT2D eigenvalue weighted by atomic mass is 9.83. The van der Waals surface area contributed by atoms with E-state index in [0.29, 0.717) is 5.92 Å². The van der Waals surface area contributed by atoms with E-state index in [4.69, 9.17) is 4.74 Å². The van der Waals surface area contributed by atoms with Crippen molar-refractivity contribution in [3.05, 3.63) is 29.6 Å². The highest BCUT2D eigenvalue weighted by atomic mass is 19.1. The molecule has 1 aliphatic carbocycles. The first kappa shape index (κ1) is 14.3. The van der Waals surface area contributed by atoms with Crippen LogP contribution >= 0.6 is 0 Å². The average molecular weight is 266 g/mol.